The van der Waals surface area contributed by atoms with Gasteiger partial charge < -0.3 is 21.1 Å². The van der Waals surface area contributed by atoms with Gasteiger partial charge in [-0.25, -0.2) is 8.78 Å². The fourth-order valence-corrected chi connectivity index (χ4v) is 2.27. The van der Waals surface area contributed by atoms with Crippen LogP contribution in [-0.2, 0) is 4.74 Å². The highest BCUT2D eigenvalue weighted by Crippen LogP contribution is 2.28. The summed E-state index contributed by atoms with van der Waals surface area (Å²) in [5.74, 6) is -0.0844. The van der Waals surface area contributed by atoms with Crippen LogP contribution in [0.2, 0.25) is 0 Å². The molecule has 9 heteroatoms. The number of nitrogens with one attached hydrogen (secondary N) is 2. The Morgan fingerprint density at radius 2 is 2.30 bits per heavy atom. The van der Waals surface area contributed by atoms with Crippen molar-refractivity contribution >= 4 is 28.3 Å². The van der Waals surface area contributed by atoms with E-state index in [4.69, 9.17) is 10.5 Å². The fraction of sp³-hybridized carbons (Fsp3) is 0.636. The molecule has 6 nitrogen and oxygen atoms in total. The van der Waals surface area contributed by atoms with Gasteiger partial charge in [0.05, 0.1) is 6.61 Å². The van der Waals surface area contributed by atoms with E-state index in [-0.39, 0.29) is 24.4 Å². The number of hydrogen-bond acceptors (Lipinski definition) is 6. The number of carbonyl (C=O) groups excluding carboxylic acids is 1. The first-order valence-electron chi connectivity index (χ1n) is 6.23. The Morgan fingerprint density at radius 1 is 1.55 bits per heavy atom. The molecule has 0 saturated heterocycles. The van der Waals surface area contributed by atoms with E-state index in [1.807, 2.05) is 0 Å². The fourth-order valence-electron chi connectivity index (χ4n) is 1.54. The first-order chi connectivity index (χ1) is 9.58. The average molecular weight is 306 g/mol. The van der Waals surface area contributed by atoms with Crippen LogP contribution >= 0.6 is 11.5 Å². The predicted octanol–water partition coefficient (Wildman–Crippen LogP) is 1.31. The van der Waals surface area contributed by atoms with Crippen molar-refractivity contribution in [3.63, 3.8) is 0 Å². The average Bonchev–Trinajstić information content (AvgIpc) is 3.11. The van der Waals surface area contributed by atoms with E-state index in [1.165, 1.54) is 0 Å². The van der Waals surface area contributed by atoms with E-state index in [0.29, 0.717) is 17.1 Å². The lowest BCUT2D eigenvalue weighted by atomic mass is 10.3. The van der Waals surface area contributed by atoms with Crippen molar-refractivity contribution in [2.45, 2.75) is 25.3 Å². The molecule has 0 aromatic carbocycles. The number of aromatic nitrogens is 1. The van der Waals surface area contributed by atoms with Crippen molar-refractivity contribution in [3.05, 3.63) is 5.56 Å². The molecule has 20 heavy (non-hydrogen) atoms. The summed E-state index contributed by atoms with van der Waals surface area (Å²) in [4.78, 5) is 12.0. The summed E-state index contributed by atoms with van der Waals surface area (Å²) in [6, 6.07) is 0.226. The Morgan fingerprint density at radius 3 is 2.95 bits per heavy atom. The van der Waals surface area contributed by atoms with Gasteiger partial charge in [0, 0.05) is 12.6 Å². The van der Waals surface area contributed by atoms with Crippen LogP contribution in [0.1, 0.15) is 23.2 Å². The number of hydrogen-bond donors (Lipinski definition) is 3. The van der Waals surface area contributed by atoms with Crippen molar-refractivity contribution < 1.29 is 18.3 Å². The number of nitrogens with two attached hydrogens (primary N) is 1. The number of anilines is 2. The molecule has 0 bridgehead atoms. The number of rotatable bonds is 8. The largest absolute Gasteiger partial charge is 0.382 e. The second-order valence-corrected chi connectivity index (χ2v) is 5.19. The van der Waals surface area contributed by atoms with Gasteiger partial charge in [-0.3, -0.25) is 4.79 Å². The molecule has 0 atom stereocenters. The van der Waals surface area contributed by atoms with E-state index < -0.39 is 13.0 Å². The zero-order valence-electron chi connectivity index (χ0n) is 10.7. The quantitative estimate of drug-likeness (QED) is 0.630. The molecule has 1 saturated carbocycles. The molecule has 1 fully saturated rings. The topological polar surface area (TPSA) is 89.3 Å². The van der Waals surface area contributed by atoms with Crippen LogP contribution in [0, 0.1) is 0 Å². The molecule has 0 spiro atoms. The highest BCUT2D eigenvalue weighted by atomic mass is 32.1. The number of alkyl halides is 2. The van der Waals surface area contributed by atoms with Crippen LogP contribution in [0.4, 0.5) is 19.6 Å². The monoisotopic (exact) mass is 306 g/mol. The van der Waals surface area contributed by atoms with Crippen LogP contribution < -0.4 is 16.4 Å². The molecule has 4 N–H and O–H groups in total. The molecule has 1 aliphatic rings. The summed E-state index contributed by atoms with van der Waals surface area (Å²) in [6.07, 6.45) is -0.519. The molecule has 1 aromatic rings. The predicted molar refractivity (Wildman–Crippen MR) is 72.3 cm³/mol. The first-order valence-corrected chi connectivity index (χ1v) is 7.01. The third kappa shape index (κ3) is 4.27. The number of nitrogen functional groups attached to an aromatic ring is 1. The van der Waals surface area contributed by atoms with Gasteiger partial charge in [-0.1, -0.05) is 0 Å². The summed E-state index contributed by atoms with van der Waals surface area (Å²) in [6.45, 7) is -0.175. The lowest BCUT2D eigenvalue weighted by Crippen LogP contribution is -2.26. The highest BCUT2D eigenvalue weighted by molar-refractivity contribution is 7.11. The van der Waals surface area contributed by atoms with Crippen LogP contribution in [-0.4, -0.2) is 42.5 Å². The summed E-state index contributed by atoms with van der Waals surface area (Å²) in [5.41, 5.74) is 5.99. The summed E-state index contributed by atoms with van der Waals surface area (Å²) in [5, 5.41) is 6.29. The number of carbonyl (C=O) groups is 1. The molecule has 0 unspecified atom stereocenters. The van der Waals surface area contributed by atoms with Crippen LogP contribution in [0.3, 0.4) is 0 Å². The van der Waals surface area contributed by atoms with Gasteiger partial charge in [-0.2, -0.15) is 4.37 Å². The maximum absolute atomic E-state index is 12.0. The third-order valence-corrected chi connectivity index (χ3v) is 3.45. The third-order valence-electron chi connectivity index (χ3n) is 2.63. The first kappa shape index (κ1) is 14.9. The van der Waals surface area contributed by atoms with E-state index >= 15 is 0 Å². The lowest BCUT2D eigenvalue weighted by Gasteiger charge is -2.08. The van der Waals surface area contributed by atoms with Gasteiger partial charge in [0.1, 0.15) is 17.2 Å². The Labute approximate surface area is 118 Å². The minimum Gasteiger partial charge on any atom is -0.382 e. The molecule has 1 heterocycles. The van der Waals surface area contributed by atoms with Crippen molar-refractivity contribution in [2.24, 2.45) is 0 Å². The standard InChI is InChI=1S/C11H16F2N4O2S/c12-7(13)5-19-4-3-15-11-8(9(14)17-20-11)10(18)16-6-1-2-6/h6-7,15H,1-5H2,(H2,14,17)(H,16,18). The maximum atomic E-state index is 12.0. The van der Waals surface area contributed by atoms with Crippen LogP contribution in [0.5, 0.6) is 0 Å². The van der Waals surface area contributed by atoms with E-state index in [2.05, 4.69) is 15.0 Å². The zero-order chi connectivity index (χ0) is 14.5. The van der Waals surface area contributed by atoms with Gasteiger partial charge in [0.15, 0.2) is 5.82 Å². The highest BCUT2D eigenvalue weighted by Gasteiger charge is 2.27. The van der Waals surface area contributed by atoms with E-state index in [9.17, 15) is 13.6 Å². The molecule has 1 aromatic heterocycles. The Bertz CT molecular complexity index is 465. The second kappa shape index (κ2) is 6.80. The Balaban J connectivity index is 1.83. The van der Waals surface area contributed by atoms with Gasteiger partial charge in [0.2, 0.25) is 0 Å². The molecule has 2 rings (SSSR count). The molecule has 0 radical (unpaired) electrons. The van der Waals surface area contributed by atoms with E-state index in [0.717, 1.165) is 24.4 Å². The minimum atomic E-state index is -2.48. The van der Waals surface area contributed by atoms with Crippen LogP contribution in [0.25, 0.3) is 0 Å². The minimum absolute atomic E-state index is 0.117. The van der Waals surface area contributed by atoms with Gasteiger partial charge in [0.25, 0.3) is 12.3 Å². The summed E-state index contributed by atoms with van der Waals surface area (Å²) in [7, 11) is 0. The summed E-state index contributed by atoms with van der Waals surface area (Å²) < 4.78 is 32.4. The molecular weight excluding hydrogens is 290 g/mol. The van der Waals surface area contributed by atoms with Crippen LogP contribution in [0.15, 0.2) is 0 Å². The Kier molecular flexibility index (Phi) is 5.07. The number of ether oxygens (including phenoxy) is 1. The van der Waals surface area contributed by atoms with Gasteiger partial charge in [-0.05, 0) is 24.4 Å². The van der Waals surface area contributed by atoms with Crippen molar-refractivity contribution in [3.8, 4) is 0 Å². The van der Waals surface area contributed by atoms with Gasteiger partial charge in [-0.15, -0.1) is 0 Å². The number of amides is 1. The van der Waals surface area contributed by atoms with E-state index in [1.54, 1.807) is 0 Å². The molecule has 112 valence electrons. The molecule has 0 aliphatic heterocycles. The zero-order valence-corrected chi connectivity index (χ0v) is 11.5. The van der Waals surface area contributed by atoms with Gasteiger partial charge >= 0.3 is 0 Å². The smallest absolute Gasteiger partial charge is 0.261 e. The Hall–Kier alpha value is -1.48. The van der Waals surface area contributed by atoms with Crippen molar-refractivity contribution in [1.82, 2.24) is 9.69 Å². The van der Waals surface area contributed by atoms with Crippen molar-refractivity contribution in [1.29, 1.82) is 0 Å². The molecule has 1 aliphatic carbocycles. The molecular formula is C11H16F2N4O2S. The van der Waals surface area contributed by atoms with Crippen molar-refractivity contribution in [2.75, 3.05) is 30.8 Å². The number of nitrogens with zero attached hydrogens (tertiary/aromatic N) is 1. The summed E-state index contributed by atoms with van der Waals surface area (Å²) >= 11 is 1.07. The maximum Gasteiger partial charge on any atom is 0.261 e. The normalized spacial score (nSPS) is 14.6. The molecule has 1 amide bonds. The second-order valence-electron chi connectivity index (χ2n) is 4.41. The number of halogens is 2. The lowest BCUT2D eigenvalue weighted by molar-refractivity contribution is 0.0215. The SMILES string of the molecule is Nc1nsc(NCCOCC(F)F)c1C(=O)NC1CC1.